The van der Waals surface area contributed by atoms with Gasteiger partial charge in [-0.15, -0.1) is 0 Å². The number of carboxylic acids is 1. The third-order valence-electron chi connectivity index (χ3n) is 1.77. The largest absolute Gasteiger partial charge is 0.476 e. The Hall–Kier alpha value is -1.76. The van der Waals surface area contributed by atoms with Gasteiger partial charge in [0, 0.05) is 12.2 Å². The average Bonchev–Trinajstić information content (AvgIpc) is 2.15. The number of hydrogen-bond acceptors (Lipinski definition) is 4. The maximum atomic E-state index is 12.5. The minimum Gasteiger partial charge on any atom is -0.476 e. The van der Waals surface area contributed by atoms with Gasteiger partial charge in [0.15, 0.2) is 5.69 Å². The smallest absolute Gasteiger partial charge is 0.355 e. The van der Waals surface area contributed by atoms with E-state index in [1.165, 1.54) is 0 Å². The molecule has 0 spiro atoms. The number of rotatable bonds is 3. The van der Waals surface area contributed by atoms with Crippen molar-refractivity contribution in [3.8, 4) is 0 Å². The zero-order valence-electron chi connectivity index (χ0n) is 7.58. The van der Waals surface area contributed by atoms with E-state index in [1.807, 2.05) is 0 Å². The van der Waals surface area contributed by atoms with Crippen molar-refractivity contribution in [1.82, 2.24) is 4.98 Å². The first-order valence-electron chi connectivity index (χ1n) is 3.98. The van der Waals surface area contributed by atoms with Crippen LogP contribution in [0.2, 0.25) is 0 Å². The summed E-state index contributed by atoms with van der Waals surface area (Å²) in [7, 11) is 0. The van der Waals surface area contributed by atoms with Crippen molar-refractivity contribution in [3.63, 3.8) is 0 Å². The molecule has 0 aliphatic heterocycles. The summed E-state index contributed by atoms with van der Waals surface area (Å²) in [5.41, 5.74) is 8.86. The first-order valence-corrected chi connectivity index (χ1v) is 3.98. The van der Waals surface area contributed by atoms with Gasteiger partial charge < -0.3 is 16.6 Å². The van der Waals surface area contributed by atoms with Crippen molar-refractivity contribution in [3.05, 3.63) is 23.0 Å². The Morgan fingerprint density at radius 2 is 2.20 bits per heavy atom. The molecule has 5 nitrogen and oxygen atoms in total. The summed E-state index contributed by atoms with van der Waals surface area (Å²) in [4.78, 5) is 14.1. The lowest BCUT2D eigenvalue weighted by Gasteiger charge is -2.09. The molecule has 1 rings (SSSR count). The number of nitrogens with two attached hydrogens (primary N) is 2. The molecule has 0 aliphatic carbocycles. The molecule has 1 heterocycles. The maximum absolute atomic E-state index is 12.5. The van der Waals surface area contributed by atoms with Gasteiger partial charge in [-0.3, -0.25) is 0 Å². The van der Waals surface area contributed by atoms with Crippen LogP contribution in [0.1, 0.15) is 28.2 Å². The van der Waals surface area contributed by atoms with Crippen molar-refractivity contribution in [2.75, 3.05) is 5.73 Å². The van der Waals surface area contributed by atoms with Crippen molar-refractivity contribution in [2.45, 2.75) is 13.0 Å². The molecule has 15 heavy (non-hydrogen) atoms. The number of anilines is 1. The van der Waals surface area contributed by atoms with Gasteiger partial charge in [-0.05, 0) is 6.07 Å². The fourth-order valence-corrected chi connectivity index (χ4v) is 1.13. The molecular weight excluding hydrogens is 208 g/mol. The predicted molar refractivity (Wildman–Crippen MR) is 48.5 cm³/mol. The second-order valence-electron chi connectivity index (χ2n) is 2.78. The quantitative estimate of drug-likeness (QED) is 0.693. The summed E-state index contributed by atoms with van der Waals surface area (Å²) in [6.45, 7) is -0.0615. The fourth-order valence-electron chi connectivity index (χ4n) is 1.13. The standard InChI is InChI=1S/C8H9F2N3O2/c9-7(10)5-4(12)1-3(2-11)13-6(5)8(14)15/h1,7H,2,11H2,(H2,12,13)(H,14,15). The van der Waals surface area contributed by atoms with E-state index in [2.05, 4.69) is 4.98 Å². The third kappa shape index (κ3) is 2.18. The molecule has 0 aliphatic rings. The normalized spacial score (nSPS) is 10.7. The molecule has 0 bridgehead atoms. The summed E-state index contributed by atoms with van der Waals surface area (Å²) in [5, 5.41) is 8.67. The number of nitrogens with zero attached hydrogens (tertiary/aromatic N) is 1. The number of pyridine rings is 1. The number of aromatic nitrogens is 1. The van der Waals surface area contributed by atoms with Gasteiger partial charge in [-0.1, -0.05) is 0 Å². The summed E-state index contributed by atoms with van der Waals surface area (Å²) in [6, 6.07) is 1.15. The number of alkyl halides is 2. The number of halogens is 2. The zero-order valence-corrected chi connectivity index (χ0v) is 7.58. The summed E-state index contributed by atoms with van der Waals surface area (Å²) < 4.78 is 24.9. The van der Waals surface area contributed by atoms with Crippen molar-refractivity contribution >= 4 is 11.7 Å². The molecule has 1 aromatic heterocycles. The van der Waals surface area contributed by atoms with Crippen LogP contribution < -0.4 is 11.5 Å². The van der Waals surface area contributed by atoms with Gasteiger partial charge in [0.25, 0.3) is 6.43 Å². The lowest BCUT2D eigenvalue weighted by molar-refractivity contribution is 0.0677. The van der Waals surface area contributed by atoms with Crippen LogP contribution in [-0.2, 0) is 6.54 Å². The molecule has 0 aromatic carbocycles. The van der Waals surface area contributed by atoms with Crippen molar-refractivity contribution in [1.29, 1.82) is 0 Å². The van der Waals surface area contributed by atoms with Crippen LogP contribution in [0.4, 0.5) is 14.5 Å². The number of nitrogen functional groups attached to an aromatic ring is 1. The van der Waals surface area contributed by atoms with Crippen LogP contribution in [-0.4, -0.2) is 16.1 Å². The Kier molecular flexibility index (Phi) is 3.15. The van der Waals surface area contributed by atoms with E-state index < -0.39 is 23.7 Å². The molecule has 0 unspecified atom stereocenters. The second-order valence-corrected chi connectivity index (χ2v) is 2.78. The Bertz CT molecular complexity index is 396. The lowest BCUT2D eigenvalue weighted by Crippen LogP contribution is -2.13. The first kappa shape index (κ1) is 11.3. The molecule has 5 N–H and O–H groups in total. The Balaban J connectivity index is 3.42. The highest BCUT2D eigenvalue weighted by molar-refractivity contribution is 5.89. The van der Waals surface area contributed by atoms with E-state index in [0.29, 0.717) is 0 Å². The molecule has 0 saturated carbocycles. The summed E-state index contributed by atoms with van der Waals surface area (Å²) in [6.07, 6.45) is -2.98. The predicted octanol–water partition coefficient (Wildman–Crippen LogP) is 0.758. The SMILES string of the molecule is NCc1cc(N)c(C(F)F)c(C(=O)O)n1. The minimum atomic E-state index is -2.98. The van der Waals surface area contributed by atoms with E-state index in [1.54, 1.807) is 0 Å². The molecule has 0 atom stereocenters. The molecule has 0 amide bonds. The van der Waals surface area contributed by atoms with Gasteiger partial charge >= 0.3 is 5.97 Å². The van der Waals surface area contributed by atoms with Crippen molar-refractivity contribution in [2.24, 2.45) is 5.73 Å². The van der Waals surface area contributed by atoms with Gasteiger partial charge in [0.05, 0.1) is 11.3 Å². The Morgan fingerprint density at radius 3 is 2.60 bits per heavy atom. The van der Waals surface area contributed by atoms with Crippen LogP contribution in [0.3, 0.4) is 0 Å². The van der Waals surface area contributed by atoms with Crippen LogP contribution in [0, 0.1) is 0 Å². The highest BCUT2D eigenvalue weighted by atomic mass is 19.3. The maximum Gasteiger partial charge on any atom is 0.355 e. The lowest BCUT2D eigenvalue weighted by atomic mass is 10.1. The van der Waals surface area contributed by atoms with E-state index in [4.69, 9.17) is 16.6 Å². The highest BCUT2D eigenvalue weighted by Crippen LogP contribution is 2.28. The van der Waals surface area contributed by atoms with Gasteiger partial charge in [-0.2, -0.15) is 0 Å². The number of hydrogen-bond donors (Lipinski definition) is 3. The fraction of sp³-hybridized carbons (Fsp3) is 0.250. The van der Waals surface area contributed by atoms with Crippen molar-refractivity contribution < 1.29 is 18.7 Å². The molecule has 1 aromatic rings. The Morgan fingerprint density at radius 1 is 1.60 bits per heavy atom. The Labute approximate surface area is 83.7 Å². The van der Waals surface area contributed by atoms with Crippen LogP contribution in [0.15, 0.2) is 6.07 Å². The average molecular weight is 217 g/mol. The third-order valence-corrected chi connectivity index (χ3v) is 1.77. The summed E-state index contributed by atoms with van der Waals surface area (Å²) >= 11 is 0. The van der Waals surface area contributed by atoms with Gasteiger partial charge in [-0.25, -0.2) is 18.6 Å². The van der Waals surface area contributed by atoms with Gasteiger partial charge in [0.2, 0.25) is 0 Å². The first-order chi connectivity index (χ1) is 6.97. The van der Waals surface area contributed by atoms with Crippen LogP contribution >= 0.6 is 0 Å². The summed E-state index contributed by atoms with van der Waals surface area (Å²) in [5.74, 6) is -1.55. The number of carbonyl (C=O) groups is 1. The molecule has 0 radical (unpaired) electrons. The molecule has 0 fully saturated rings. The number of carboxylic acid groups (broad SMARTS) is 1. The van der Waals surface area contributed by atoms with Gasteiger partial charge in [0.1, 0.15) is 0 Å². The number of aromatic carboxylic acids is 1. The van der Waals surface area contributed by atoms with Crippen LogP contribution in [0.25, 0.3) is 0 Å². The van der Waals surface area contributed by atoms with E-state index in [-0.39, 0.29) is 17.9 Å². The second kappa shape index (κ2) is 4.18. The van der Waals surface area contributed by atoms with E-state index in [0.717, 1.165) is 6.07 Å². The topological polar surface area (TPSA) is 102 Å². The molecule has 0 saturated heterocycles. The minimum absolute atomic E-state index is 0.0615. The molecule has 82 valence electrons. The monoisotopic (exact) mass is 217 g/mol. The van der Waals surface area contributed by atoms with E-state index in [9.17, 15) is 13.6 Å². The van der Waals surface area contributed by atoms with E-state index >= 15 is 0 Å². The zero-order chi connectivity index (χ0) is 11.6. The molecular formula is C8H9F2N3O2. The van der Waals surface area contributed by atoms with Crippen LogP contribution in [0.5, 0.6) is 0 Å². The highest BCUT2D eigenvalue weighted by Gasteiger charge is 2.23. The molecule has 7 heteroatoms.